The number of rotatable bonds is 2. The Balaban J connectivity index is 2.51. The quantitative estimate of drug-likeness (QED) is 0.685. The summed E-state index contributed by atoms with van der Waals surface area (Å²) >= 11 is 9.15. The summed E-state index contributed by atoms with van der Waals surface area (Å²) in [4.78, 5) is 12.2. The van der Waals surface area contributed by atoms with Gasteiger partial charge in [-0.1, -0.05) is 11.6 Å². The molecule has 0 unspecified atom stereocenters. The van der Waals surface area contributed by atoms with E-state index in [4.69, 9.17) is 17.3 Å². The van der Waals surface area contributed by atoms with Crippen molar-refractivity contribution in [2.75, 3.05) is 5.73 Å². The number of nitrogens with two attached hydrogens (primary N) is 1. The van der Waals surface area contributed by atoms with E-state index in [1.807, 2.05) is 0 Å². The number of hydrogen-bond donors (Lipinski definition) is 1. The molecule has 2 rings (SSSR count). The van der Waals surface area contributed by atoms with E-state index in [0.717, 1.165) is 0 Å². The predicted octanol–water partition coefficient (Wildman–Crippen LogP) is 2.65. The first kappa shape index (κ1) is 12.1. The van der Waals surface area contributed by atoms with E-state index in [1.54, 1.807) is 31.4 Å². The molecular formula is C11H9BrClN3O. The van der Waals surface area contributed by atoms with Gasteiger partial charge in [0.15, 0.2) is 0 Å². The van der Waals surface area contributed by atoms with Crippen molar-refractivity contribution < 1.29 is 4.79 Å². The van der Waals surface area contributed by atoms with Gasteiger partial charge in [0.05, 0.1) is 10.7 Å². The maximum atomic E-state index is 12.2. The molecular weight excluding hydrogens is 305 g/mol. The highest BCUT2D eigenvalue weighted by atomic mass is 79.9. The number of benzene rings is 1. The van der Waals surface area contributed by atoms with Crippen molar-refractivity contribution in [3.05, 3.63) is 45.1 Å². The zero-order valence-electron chi connectivity index (χ0n) is 8.95. The summed E-state index contributed by atoms with van der Waals surface area (Å²) in [5.41, 5.74) is 7.02. The normalized spacial score (nSPS) is 10.5. The second kappa shape index (κ2) is 4.50. The van der Waals surface area contributed by atoms with Crippen LogP contribution in [0.5, 0.6) is 0 Å². The third-order valence-corrected chi connectivity index (χ3v) is 3.09. The molecule has 2 N–H and O–H groups in total. The molecule has 88 valence electrons. The lowest BCUT2D eigenvalue weighted by Crippen LogP contribution is -2.09. The number of aromatic nitrogens is 2. The molecule has 17 heavy (non-hydrogen) atoms. The van der Waals surface area contributed by atoms with Crippen LogP contribution in [0.4, 0.5) is 5.69 Å². The molecule has 0 aliphatic rings. The fourth-order valence-corrected chi connectivity index (χ4v) is 2.32. The number of nitrogen functional groups attached to an aromatic ring is 1. The topological polar surface area (TPSA) is 60.9 Å². The Morgan fingerprint density at radius 1 is 1.47 bits per heavy atom. The summed E-state index contributed by atoms with van der Waals surface area (Å²) in [6, 6.07) is 4.77. The van der Waals surface area contributed by atoms with E-state index in [0.29, 0.717) is 26.4 Å². The molecule has 1 aromatic heterocycles. The molecule has 0 fully saturated rings. The monoisotopic (exact) mass is 313 g/mol. The van der Waals surface area contributed by atoms with Crippen LogP contribution in [0, 0.1) is 0 Å². The first-order valence-corrected chi connectivity index (χ1v) is 5.94. The van der Waals surface area contributed by atoms with Gasteiger partial charge in [-0.2, -0.15) is 5.10 Å². The van der Waals surface area contributed by atoms with Gasteiger partial charge in [0.25, 0.3) is 0 Å². The molecule has 0 spiro atoms. The average Bonchev–Trinajstić information content (AvgIpc) is 2.56. The van der Waals surface area contributed by atoms with Crippen molar-refractivity contribution in [2.45, 2.75) is 0 Å². The van der Waals surface area contributed by atoms with Crippen LogP contribution in [0.2, 0.25) is 5.02 Å². The minimum atomic E-state index is -0.175. The van der Waals surface area contributed by atoms with E-state index in [9.17, 15) is 4.79 Å². The number of aryl methyl sites for hydroxylation is 1. The van der Waals surface area contributed by atoms with Crippen molar-refractivity contribution in [2.24, 2.45) is 7.05 Å². The molecule has 0 aliphatic heterocycles. The van der Waals surface area contributed by atoms with E-state index >= 15 is 0 Å². The van der Waals surface area contributed by atoms with Gasteiger partial charge in [-0.05, 0) is 34.1 Å². The number of nitrogens with zero attached hydrogens (tertiary/aromatic N) is 2. The van der Waals surface area contributed by atoms with E-state index in [2.05, 4.69) is 21.0 Å². The SMILES string of the molecule is Cn1ncc(Br)c1C(=O)c1cc(N)cc(Cl)c1. The van der Waals surface area contributed by atoms with Crippen LogP contribution in [-0.2, 0) is 7.05 Å². The Bertz CT molecular complexity index is 555. The van der Waals surface area contributed by atoms with Gasteiger partial charge in [0.2, 0.25) is 5.78 Å². The fourth-order valence-electron chi connectivity index (χ4n) is 1.55. The van der Waals surface area contributed by atoms with E-state index in [-0.39, 0.29) is 5.78 Å². The summed E-state index contributed by atoms with van der Waals surface area (Å²) in [5, 5.41) is 4.43. The number of carbonyl (C=O) groups is 1. The Morgan fingerprint density at radius 3 is 2.71 bits per heavy atom. The van der Waals surface area contributed by atoms with Crippen LogP contribution in [0.15, 0.2) is 28.9 Å². The predicted molar refractivity (Wildman–Crippen MR) is 70.2 cm³/mol. The highest BCUT2D eigenvalue weighted by molar-refractivity contribution is 9.10. The van der Waals surface area contributed by atoms with Crippen LogP contribution in [-0.4, -0.2) is 15.6 Å². The highest BCUT2D eigenvalue weighted by Gasteiger charge is 2.17. The molecule has 0 radical (unpaired) electrons. The van der Waals surface area contributed by atoms with Gasteiger partial charge in [-0.15, -0.1) is 0 Å². The molecule has 1 heterocycles. The summed E-state index contributed by atoms with van der Waals surface area (Å²) in [5.74, 6) is -0.175. The number of ketones is 1. The second-order valence-corrected chi connectivity index (χ2v) is 4.86. The third-order valence-electron chi connectivity index (χ3n) is 2.29. The molecule has 4 nitrogen and oxygen atoms in total. The Kier molecular flexibility index (Phi) is 3.22. The van der Waals surface area contributed by atoms with E-state index in [1.165, 1.54) is 4.68 Å². The summed E-state index contributed by atoms with van der Waals surface area (Å²) in [6.45, 7) is 0. The van der Waals surface area contributed by atoms with Crippen molar-refractivity contribution in [1.29, 1.82) is 0 Å². The van der Waals surface area contributed by atoms with Gasteiger partial charge in [-0.3, -0.25) is 9.48 Å². The van der Waals surface area contributed by atoms with Crippen LogP contribution in [0.3, 0.4) is 0 Å². The van der Waals surface area contributed by atoms with Gasteiger partial charge in [0, 0.05) is 23.3 Å². The minimum absolute atomic E-state index is 0.175. The molecule has 0 atom stereocenters. The lowest BCUT2D eigenvalue weighted by molar-refractivity contribution is 0.102. The van der Waals surface area contributed by atoms with Crippen LogP contribution >= 0.6 is 27.5 Å². The number of anilines is 1. The zero-order valence-corrected chi connectivity index (χ0v) is 11.3. The molecule has 0 saturated heterocycles. The lowest BCUT2D eigenvalue weighted by atomic mass is 10.1. The maximum Gasteiger partial charge on any atom is 0.212 e. The van der Waals surface area contributed by atoms with E-state index < -0.39 is 0 Å². The number of hydrogen-bond acceptors (Lipinski definition) is 3. The molecule has 6 heteroatoms. The van der Waals surface area contributed by atoms with Crippen LogP contribution in [0.1, 0.15) is 16.1 Å². The van der Waals surface area contributed by atoms with Gasteiger partial charge in [-0.25, -0.2) is 0 Å². The average molecular weight is 315 g/mol. The standard InChI is InChI=1S/C11H9BrClN3O/c1-16-10(9(12)5-15-16)11(17)6-2-7(13)4-8(14)3-6/h2-5H,14H2,1H3. The first-order valence-electron chi connectivity index (χ1n) is 4.77. The summed E-state index contributed by atoms with van der Waals surface area (Å²) < 4.78 is 2.15. The smallest absolute Gasteiger partial charge is 0.212 e. The Hall–Kier alpha value is -1.33. The second-order valence-electron chi connectivity index (χ2n) is 3.57. The zero-order chi connectivity index (χ0) is 12.6. The third kappa shape index (κ3) is 2.35. The van der Waals surface area contributed by atoms with Crippen molar-refractivity contribution in [3.8, 4) is 0 Å². The molecule has 2 aromatic rings. The summed E-state index contributed by atoms with van der Waals surface area (Å²) in [7, 11) is 1.70. The fraction of sp³-hybridized carbons (Fsp3) is 0.0909. The molecule has 0 aliphatic carbocycles. The molecule has 0 saturated carbocycles. The van der Waals surface area contributed by atoms with Crippen molar-refractivity contribution in [3.63, 3.8) is 0 Å². The van der Waals surface area contributed by atoms with Gasteiger partial charge in [0.1, 0.15) is 5.69 Å². The van der Waals surface area contributed by atoms with Crippen molar-refractivity contribution in [1.82, 2.24) is 9.78 Å². The lowest BCUT2D eigenvalue weighted by Gasteiger charge is -2.04. The van der Waals surface area contributed by atoms with Gasteiger partial charge < -0.3 is 5.73 Å². The van der Waals surface area contributed by atoms with Gasteiger partial charge >= 0.3 is 0 Å². The molecule has 0 amide bonds. The first-order chi connectivity index (χ1) is 7.99. The number of carbonyl (C=O) groups excluding carboxylic acids is 1. The molecule has 1 aromatic carbocycles. The highest BCUT2D eigenvalue weighted by Crippen LogP contribution is 2.22. The summed E-state index contributed by atoms with van der Waals surface area (Å²) in [6.07, 6.45) is 1.57. The molecule has 0 bridgehead atoms. The van der Waals surface area contributed by atoms with Crippen LogP contribution < -0.4 is 5.73 Å². The largest absolute Gasteiger partial charge is 0.399 e. The maximum absolute atomic E-state index is 12.2. The number of halogens is 2. The van der Waals surface area contributed by atoms with Crippen molar-refractivity contribution >= 4 is 39.0 Å². The van der Waals surface area contributed by atoms with Crippen LogP contribution in [0.25, 0.3) is 0 Å². The Labute approximate surface area is 111 Å². The minimum Gasteiger partial charge on any atom is -0.399 e. The Morgan fingerprint density at radius 2 is 2.18 bits per heavy atom.